The first-order valence-corrected chi connectivity index (χ1v) is 5.92. The highest BCUT2D eigenvalue weighted by molar-refractivity contribution is 6.31. The number of benzene rings is 1. The monoisotopic (exact) mass is 256 g/mol. The Kier molecular flexibility index (Phi) is 3.35. The molecule has 0 aliphatic heterocycles. The van der Waals surface area contributed by atoms with Crippen molar-refractivity contribution in [2.45, 2.75) is 19.3 Å². The number of carbonyl (C=O) groups is 1. The molecule has 92 valence electrons. The average Bonchev–Trinajstić information content (AvgIpc) is 2.23. The molecule has 1 saturated carbocycles. The number of hydrogen-bond donors (Lipinski definition) is 2. The molecule has 1 aliphatic rings. The van der Waals surface area contributed by atoms with Gasteiger partial charge in [-0.1, -0.05) is 18.0 Å². The molecule has 3 nitrogen and oxygen atoms in total. The van der Waals surface area contributed by atoms with E-state index in [1.807, 2.05) is 0 Å². The highest BCUT2D eigenvalue weighted by atomic mass is 35.5. The maximum Gasteiger partial charge on any atom is 0.231 e. The Balaban J connectivity index is 2.10. The second kappa shape index (κ2) is 4.63. The number of hydrogen-bond acceptors (Lipinski definition) is 2. The third kappa shape index (κ3) is 2.28. The third-order valence-corrected chi connectivity index (χ3v) is 3.65. The van der Waals surface area contributed by atoms with Gasteiger partial charge < -0.3 is 11.1 Å². The van der Waals surface area contributed by atoms with Gasteiger partial charge >= 0.3 is 0 Å². The van der Waals surface area contributed by atoms with E-state index >= 15 is 0 Å². The van der Waals surface area contributed by atoms with Crippen molar-refractivity contribution >= 4 is 23.2 Å². The van der Waals surface area contributed by atoms with E-state index < -0.39 is 11.2 Å². The van der Waals surface area contributed by atoms with Crippen molar-refractivity contribution < 1.29 is 9.18 Å². The van der Waals surface area contributed by atoms with Crippen LogP contribution in [0.5, 0.6) is 0 Å². The molecule has 0 atom stereocenters. The van der Waals surface area contributed by atoms with Crippen molar-refractivity contribution in [1.29, 1.82) is 0 Å². The lowest BCUT2D eigenvalue weighted by Crippen LogP contribution is -2.47. The Labute approximate surface area is 104 Å². The molecular weight excluding hydrogens is 243 g/mol. The maximum atomic E-state index is 12.9. The van der Waals surface area contributed by atoms with E-state index in [0.717, 1.165) is 19.3 Å². The fourth-order valence-corrected chi connectivity index (χ4v) is 2.15. The smallest absolute Gasteiger partial charge is 0.231 e. The topological polar surface area (TPSA) is 55.1 Å². The van der Waals surface area contributed by atoms with E-state index in [1.165, 1.54) is 18.2 Å². The zero-order valence-electron chi connectivity index (χ0n) is 9.30. The largest absolute Gasteiger partial charge is 0.329 e. The van der Waals surface area contributed by atoms with Crippen LogP contribution < -0.4 is 11.1 Å². The van der Waals surface area contributed by atoms with Crippen molar-refractivity contribution in [3.05, 3.63) is 29.0 Å². The molecule has 0 heterocycles. The van der Waals surface area contributed by atoms with Gasteiger partial charge in [0.25, 0.3) is 0 Å². The predicted molar refractivity (Wildman–Crippen MR) is 65.4 cm³/mol. The van der Waals surface area contributed by atoms with Gasteiger partial charge in [0.15, 0.2) is 0 Å². The summed E-state index contributed by atoms with van der Waals surface area (Å²) in [5.41, 5.74) is 5.69. The van der Waals surface area contributed by atoms with Crippen LogP contribution in [0, 0.1) is 11.2 Å². The number of nitrogens with two attached hydrogens (primary N) is 1. The molecule has 1 aromatic rings. The fourth-order valence-electron chi connectivity index (χ4n) is 1.96. The lowest BCUT2D eigenvalue weighted by Gasteiger charge is -2.39. The van der Waals surface area contributed by atoms with E-state index in [0.29, 0.717) is 12.2 Å². The van der Waals surface area contributed by atoms with Crippen LogP contribution in [0.1, 0.15) is 19.3 Å². The third-order valence-electron chi connectivity index (χ3n) is 3.36. The summed E-state index contributed by atoms with van der Waals surface area (Å²) in [4.78, 5) is 12.0. The number of anilines is 1. The molecule has 17 heavy (non-hydrogen) atoms. The minimum absolute atomic E-state index is 0.00166. The molecule has 0 aromatic heterocycles. The molecule has 1 amide bonds. The standard InChI is InChI=1S/C12H14ClFN2O/c13-9-6-8(2-3-10(9)14)16-11(17)12(7-15)4-1-5-12/h2-3,6H,1,4-5,7,15H2,(H,16,17). The molecule has 0 unspecified atom stereocenters. The minimum atomic E-state index is -0.498. The summed E-state index contributed by atoms with van der Waals surface area (Å²) in [6.07, 6.45) is 2.64. The van der Waals surface area contributed by atoms with E-state index in [2.05, 4.69) is 5.32 Å². The van der Waals surface area contributed by atoms with Gasteiger partial charge in [0.1, 0.15) is 5.82 Å². The summed E-state index contributed by atoms with van der Waals surface area (Å²) in [5, 5.41) is 2.73. The van der Waals surface area contributed by atoms with E-state index in [-0.39, 0.29) is 10.9 Å². The number of carbonyl (C=O) groups excluding carboxylic acids is 1. The highest BCUT2D eigenvalue weighted by Crippen LogP contribution is 2.40. The Hall–Kier alpha value is -1.13. The van der Waals surface area contributed by atoms with Crippen molar-refractivity contribution in [2.75, 3.05) is 11.9 Å². The summed E-state index contributed by atoms with van der Waals surface area (Å²) < 4.78 is 12.9. The van der Waals surface area contributed by atoms with Crippen LogP contribution in [0.2, 0.25) is 5.02 Å². The summed E-state index contributed by atoms with van der Waals surface area (Å²) in [7, 11) is 0. The first kappa shape index (κ1) is 12.3. The van der Waals surface area contributed by atoms with E-state index in [9.17, 15) is 9.18 Å². The molecule has 0 saturated heterocycles. The number of amides is 1. The van der Waals surface area contributed by atoms with Gasteiger partial charge in [-0.2, -0.15) is 0 Å². The number of nitrogens with one attached hydrogen (secondary N) is 1. The molecule has 1 aromatic carbocycles. The molecular formula is C12H14ClFN2O. The molecule has 2 rings (SSSR count). The summed E-state index contributed by atoms with van der Waals surface area (Å²) in [5.74, 6) is -0.601. The van der Waals surface area contributed by atoms with Gasteiger partial charge in [-0.3, -0.25) is 4.79 Å². The zero-order chi connectivity index (χ0) is 12.5. The van der Waals surface area contributed by atoms with Crippen LogP contribution in [-0.4, -0.2) is 12.5 Å². The lowest BCUT2D eigenvalue weighted by molar-refractivity contribution is -0.129. The quantitative estimate of drug-likeness (QED) is 0.873. The van der Waals surface area contributed by atoms with Crippen LogP contribution in [0.3, 0.4) is 0 Å². The average molecular weight is 257 g/mol. The van der Waals surface area contributed by atoms with Crippen LogP contribution in [0.15, 0.2) is 18.2 Å². The summed E-state index contributed by atoms with van der Waals surface area (Å²) >= 11 is 5.64. The Bertz CT molecular complexity index is 441. The summed E-state index contributed by atoms with van der Waals surface area (Å²) in [6.45, 7) is 0.341. The van der Waals surface area contributed by atoms with E-state index in [1.54, 1.807) is 0 Å². The molecule has 0 spiro atoms. The maximum absolute atomic E-state index is 12.9. The molecule has 0 radical (unpaired) electrons. The lowest BCUT2D eigenvalue weighted by atomic mass is 9.68. The van der Waals surface area contributed by atoms with Gasteiger partial charge in [-0.05, 0) is 31.0 Å². The van der Waals surface area contributed by atoms with Gasteiger partial charge in [0, 0.05) is 12.2 Å². The Morgan fingerprint density at radius 1 is 1.53 bits per heavy atom. The highest BCUT2D eigenvalue weighted by Gasteiger charge is 2.42. The SMILES string of the molecule is NCC1(C(=O)Nc2ccc(F)c(Cl)c2)CCC1. The van der Waals surface area contributed by atoms with Crippen LogP contribution >= 0.6 is 11.6 Å². The van der Waals surface area contributed by atoms with Crippen LogP contribution in [-0.2, 0) is 4.79 Å². The second-order valence-electron chi connectivity index (χ2n) is 4.42. The van der Waals surface area contributed by atoms with Crippen LogP contribution in [0.4, 0.5) is 10.1 Å². The predicted octanol–water partition coefficient (Wildman–Crippen LogP) is 2.55. The first-order chi connectivity index (χ1) is 8.07. The van der Waals surface area contributed by atoms with Gasteiger partial charge in [0.05, 0.1) is 10.4 Å². The second-order valence-corrected chi connectivity index (χ2v) is 4.83. The van der Waals surface area contributed by atoms with Crippen molar-refractivity contribution in [3.63, 3.8) is 0 Å². The normalized spacial score (nSPS) is 17.4. The molecule has 1 fully saturated rings. The van der Waals surface area contributed by atoms with Crippen molar-refractivity contribution in [2.24, 2.45) is 11.1 Å². The molecule has 5 heteroatoms. The Morgan fingerprint density at radius 2 is 2.24 bits per heavy atom. The Morgan fingerprint density at radius 3 is 2.71 bits per heavy atom. The first-order valence-electron chi connectivity index (χ1n) is 5.54. The van der Waals surface area contributed by atoms with Crippen molar-refractivity contribution in [3.8, 4) is 0 Å². The molecule has 1 aliphatic carbocycles. The van der Waals surface area contributed by atoms with Gasteiger partial charge in [-0.25, -0.2) is 4.39 Å². The fraction of sp³-hybridized carbons (Fsp3) is 0.417. The van der Waals surface area contributed by atoms with E-state index in [4.69, 9.17) is 17.3 Å². The number of halogens is 2. The zero-order valence-corrected chi connectivity index (χ0v) is 10.1. The van der Waals surface area contributed by atoms with Gasteiger partial charge in [0.2, 0.25) is 5.91 Å². The van der Waals surface area contributed by atoms with Gasteiger partial charge in [-0.15, -0.1) is 0 Å². The minimum Gasteiger partial charge on any atom is -0.329 e. The molecule has 0 bridgehead atoms. The molecule has 3 N–H and O–H groups in total. The summed E-state index contributed by atoms with van der Waals surface area (Å²) in [6, 6.07) is 4.12. The van der Waals surface area contributed by atoms with Crippen molar-refractivity contribution in [1.82, 2.24) is 0 Å². The van der Waals surface area contributed by atoms with Crippen LogP contribution in [0.25, 0.3) is 0 Å². The number of rotatable bonds is 3.